The van der Waals surface area contributed by atoms with E-state index in [2.05, 4.69) is 31.1 Å². The van der Waals surface area contributed by atoms with Crippen molar-refractivity contribution in [3.05, 3.63) is 103 Å². The Bertz CT molecular complexity index is 1320. The van der Waals surface area contributed by atoms with Crippen molar-refractivity contribution in [1.29, 1.82) is 0 Å². The van der Waals surface area contributed by atoms with Crippen LogP contribution in [0.15, 0.2) is 91.4 Å². The Balaban J connectivity index is 1.31. The Hall–Kier alpha value is -4.13. The summed E-state index contributed by atoms with van der Waals surface area (Å²) in [5, 5.41) is 4.57. The maximum atomic E-state index is 13.7. The Morgan fingerprint density at radius 3 is 2.16 bits per heavy atom. The van der Waals surface area contributed by atoms with Gasteiger partial charge in [0.05, 0.1) is 11.9 Å². The number of rotatable bonds is 7. The van der Waals surface area contributed by atoms with Gasteiger partial charge < -0.3 is 14.4 Å². The Labute approximate surface area is 217 Å². The van der Waals surface area contributed by atoms with Gasteiger partial charge >= 0.3 is 0 Å². The lowest BCUT2D eigenvalue weighted by Gasteiger charge is -2.36. The predicted octanol–water partition coefficient (Wildman–Crippen LogP) is 4.95. The summed E-state index contributed by atoms with van der Waals surface area (Å²) in [6.45, 7) is 5.83. The molecule has 2 amide bonds. The van der Waals surface area contributed by atoms with Crippen LogP contribution in [0, 0.1) is 5.92 Å². The van der Waals surface area contributed by atoms with Crippen LogP contribution in [-0.4, -0.2) is 55.1 Å². The fourth-order valence-electron chi connectivity index (χ4n) is 5.00. The summed E-state index contributed by atoms with van der Waals surface area (Å²) >= 11 is 0. The third-order valence-corrected chi connectivity index (χ3v) is 7.06. The van der Waals surface area contributed by atoms with E-state index in [9.17, 15) is 9.59 Å². The SMILES string of the molecule is CC(C)N(Cc1ccccc1)C(=O)C1CCN(C(=O)c2cnn(-c3ccccc3)c2-n2cccc2)CC1. The van der Waals surface area contributed by atoms with Crippen molar-refractivity contribution in [3.63, 3.8) is 0 Å². The van der Waals surface area contributed by atoms with Gasteiger partial charge in [-0.3, -0.25) is 9.59 Å². The van der Waals surface area contributed by atoms with Crippen LogP contribution in [0.1, 0.15) is 42.6 Å². The quantitative estimate of drug-likeness (QED) is 0.364. The first-order valence-corrected chi connectivity index (χ1v) is 12.9. The second-order valence-corrected chi connectivity index (χ2v) is 9.83. The molecule has 0 radical (unpaired) electrons. The van der Waals surface area contributed by atoms with Crippen molar-refractivity contribution in [2.24, 2.45) is 5.92 Å². The maximum Gasteiger partial charge on any atom is 0.259 e. The molecule has 1 saturated heterocycles. The Morgan fingerprint density at radius 2 is 1.54 bits per heavy atom. The van der Waals surface area contributed by atoms with Gasteiger partial charge in [0.2, 0.25) is 5.91 Å². The van der Waals surface area contributed by atoms with Gasteiger partial charge in [-0.25, -0.2) is 4.68 Å². The summed E-state index contributed by atoms with van der Waals surface area (Å²) in [6.07, 6.45) is 6.82. The van der Waals surface area contributed by atoms with E-state index < -0.39 is 0 Å². The molecule has 190 valence electrons. The molecule has 7 nitrogen and oxygen atoms in total. The number of benzene rings is 2. The maximum absolute atomic E-state index is 13.7. The minimum atomic E-state index is -0.0777. The number of hydrogen-bond acceptors (Lipinski definition) is 3. The molecule has 2 aromatic heterocycles. The minimum Gasteiger partial charge on any atom is -0.338 e. The lowest BCUT2D eigenvalue weighted by molar-refractivity contribution is -0.139. The fourth-order valence-corrected chi connectivity index (χ4v) is 5.00. The summed E-state index contributed by atoms with van der Waals surface area (Å²) in [7, 11) is 0. The number of carbonyl (C=O) groups excluding carboxylic acids is 2. The molecule has 37 heavy (non-hydrogen) atoms. The summed E-state index contributed by atoms with van der Waals surface area (Å²) in [5.41, 5.74) is 2.57. The molecule has 0 saturated carbocycles. The van der Waals surface area contributed by atoms with E-state index >= 15 is 0 Å². The summed E-state index contributed by atoms with van der Waals surface area (Å²) in [5.74, 6) is 0.761. The molecule has 4 aromatic rings. The summed E-state index contributed by atoms with van der Waals surface area (Å²) < 4.78 is 3.72. The van der Waals surface area contributed by atoms with Crippen LogP contribution in [0.2, 0.25) is 0 Å². The molecule has 2 aromatic carbocycles. The predicted molar refractivity (Wildman–Crippen MR) is 144 cm³/mol. The first-order chi connectivity index (χ1) is 18.0. The number of amides is 2. The number of aromatic nitrogens is 3. The third-order valence-electron chi connectivity index (χ3n) is 7.06. The van der Waals surface area contributed by atoms with E-state index in [0.717, 1.165) is 11.3 Å². The van der Waals surface area contributed by atoms with Crippen molar-refractivity contribution in [1.82, 2.24) is 24.1 Å². The largest absolute Gasteiger partial charge is 0.338 e. The molecule has 0 bridgehead atoms. The Morgan fingerprint density at radius 1 is 0.919 bits per heavy atom. The van der Waals surface area contributed by atoms with Gasteiger partial charge in [0.15, 0.2) is 5.82 Å². The van der Waals surface area contributed by atoms with E-state index in [0.29, 0.717) is 43.9 Å². The second-order valence-electron chi connectivity index (χ2n) is 9.83. The van der Waals surface area contributed by atoms with Crippen LogP contribution >= 0.6 is 0 Å². The minimum absolute atomic E-state index is 0.0539. The van der Waals surface area contributed by atoms with Crippen molar-refractivity contribution in [2.45, 2.75) is 39.3 Å². The van der Waals surface area contributed by atoms with Gasteiger partial charge in [-0.05, 0) is 56.5 Å². The second kappa shape index (κ2) is 10.9. The first-order valence-electron chi connectivity index (χ1n) is 12.9. The highest BCUT2D eigenvalue weighted by Gasteiger charge is 2.33. The summed E-state index contributed by atoms with van der Waals surface area (Å²) in [6, 6.07) is 23.9. The number of piperidine rings is 1. The molecule has 0 atom stereocenters. The third kappa shape index (κ3) is 5.21. The zero-order valence-electron chi connectivity index (χ0n) is 21.4. The molecule has 5 rings (SSSR count). The van der Waals surface area contributed by atoms with Crippen LogP contribution in [0.5, 0.6) is 0 Å². The van der Waals surface area contributed by atoms with Gasteiger partial charge in [-0.15, -0.1) is 0 Å². The topological polar surface area (TPSA) is 63.4 Å². The average molecular weight is 496 g/mol. The van der Waals surface area contributed by atoms with E-state index in [1.54, 1.807) is 10.9 Å². The highest BCUT2D eigenvalue weighted by Crippen LogP contribution is 2.26. The molecular weight excluding hydrogens is 462 g/mol. The highest BCUT2D eigenvalue weighted by molar-refractivity contribution is 5.97. The van der Waals surface area contributed by atoms with Crippen molar-refractivity contribution < 1.29 is 9.59 Å². The number of hydrogen-bond donors (Lipinski definition) is 0. The lowest BCUT2D eigenvalue weighted by atomic mass is 9.94. The molecule has 3 heterocycles. The van der Waals surface area contributed by atoms with Crippen LogP contribution < -0.4 is 0 Å². The molecule has 1 aliphatic heterocycles. The number of para-hydroxylation sites is 1. The number of likely N-dealkylation sites (tertiary alicyclic amines) is 1. The molecule has 7 heteroatoms. The molecular formula is C30H33N5O2. The smallest absolute Gasteiger partial charge is 0.259 e. The van der Waals surface area contributed by atoms with E-state index in [1.807, 2.05) is 87.4 Å². The molecule has 0 aliphatic carbocycles. The van der Waals surface area contributed by atoms with Gasteiger partial charge in [-0.2, -0.15) is 5.10 Å². The van der Waals surface area contributed by atoms with Crippen molar-refractivity contribution in [2.75, 3.05) is 13.1 Å². The van der Waals surface area contributed by atoms with Gasteiger partial charge in [-0.1, -0.05) is 48.5 Å². The van der Waals surface area contributed by atoms with Crippen LogP contribution in [-0.2, 0) is 11.3 Å². The zero-order valence-corrected chi connectivity index (χ0v) is 21.4. The average Bonchev–Trinajstić information content (AvgIpc) is 3.62. The van der Waals surface area contributed by atoms with Gasteiger partial charge in [0.1, 0.15) is 5.56 Å². The highest BCUT2D eigenvalue weighted by atomic mass is 16.2. The van der Waals surface area contributed by atoms with E-state index in [1.165, 1.54) is 0 Å². The van der Waals surface area contributed by atoms with Crippen molar-refractivity contribution in [3.8, 4) is 11.5 Å². The summed E-state index contributed by atoms with van der Waals surface area (Å²) in [4.78, 5) is 31.0. The number of nitrogens with zero attached hydrogens (tertiary/aromatic N) is 5. The monoisotopic (exact) mass is 495 g/mol. The van der Waals surface area contributed by atoms with Crippen LogP contribution in [0.4, 0.5) is 0 Å². The lowest BCUT2D eigenvalue weighted by Crippen LogP contribution is -2.46. The van der Waals surface area contributed by atoms with Crippen LogP contribution in [0.25, 0.3) is 11.5 Å². The van der Waals surface area contributed by atoms with Gasteiger partial charge in [0.25, 0.3) is 5.91 Å². The van der Waals surface area contributed by atoms with Crippen LogP contribution in [0.3, 0.4) is 0 Å². The molecule has 1 aliphatic rings. The zero-order chi connectivity index (χ0) is 25.8. The van der Waals surface area contributed by atoms with E-state index in [4.69, 9.17) is 0 Å². The standard InChI is InChI=1S/C30H33N5O2/c1-23(2)34(22-24-11-5-3-6-12-24)29(36)25-15-19-33(20-16-25)30(37)27-21-31-35(26-13-7-4-8-14-26)28(27)32-17-9-10-18-32/h3-14,17-18,21,23,25H,15-16,19-20,22H2,1-2H3. The number of carbonyl (C=O) groups is 2. The van der Waals surface area contributed by atoms with Gasteiger partial charge in [0, 0.05) is 44.0 Å². The fraction of sp³-hybridized carbons (Fsp3) is 0.300. The molecule has 0 N–H and O–H groups in total. The molecule has 0 spiro atoms. The first kappa shape index (κ1) is 24.6. The van der Waals surface area contributed by atoms with Crippen molar-refractivity contribution >= 4 is 11.8 Å². The molecule has 1 fully saturated rings. The normalized spacial score (nSPS) is 14.2. The van der Waals surface area contributed by atoms with E-state index in [-0.39, 0.29) is 23.8 Å². The molecule has 0 unspecified atom stereocenters. The Kier molecular flexibility index (Phi) is 7.21.